The van der Waals surface area contributed by atoms with E-state index in [0.717, 1.165) is 0 Å². The zero-order chi connectivity index (χ0) is 16.4. The molecule has 0 aromatic carbocycles. The third kappa shape index (κ3) is 3.67. The molecule has 2 unspecified atom stereocenters. The third-order valence-electron chi connectivity index (χ3n) is 2.89. The number of halogens is 3. The summed E-state index contributed by atoms with van der Waals surface area (Å²) in [5.41, 5.74) is -3.38. The first-order chi connectivity index (χ1) is 9.47. The highest BCUT2D eigenvalue weighted by Crippen LogP contribution is 2.30. The van der Waals surface area contributed by atoms with Crippen LogP contribution in [0.3, 0.4) is 0 Å². The van der Waals surface area contributed by atoms with Gasteiger partial charge in [-0.1, -0.05) is 0 Å². The summed E-state index contributed by atoms with van der Waals surface area (Å²) < 4.78 is 43.4. The molecule has 1 aromatic rings. The summed E-state index contributed by atoms with van der Waals surface area (Å²) in [5, 5.41) is 12.3. The fourth-order valence-corrected chi connectivity index (χ4v) is 1.46. The highest BCUT2D eigenvalue weighted by molar-refractivity contribution is 5.86. The molecule has 118 valence electrons. The lowest BCUT2D eigenvalue weighted by Crippen LogP contribution is -2.63. The maximum absolute atomic E-state index is 12.7. The van der Waals surface area contributed by atoms with Crippen LogP contribution in [-0.4, -0.2) is 28.8 Å². The highest BCUT2D eigenvalue weighted by atomic mass is 19.4. The van der Waals surface area contributed by atoms with Crippen LogP contribution < -0.4 is 10.6 Å². The van der Waals surface area contributed by atoms with Crippen LogP contribution in [0, 0.1) is 6.92 Å². The molecule has 9 heteroatoms. The lowest BCUT2D eigenvalue weighted by Gasteiger charge is -2.29. The number of amides is 2. The number of urea groups is 1. The second-order valence-corrected chi connectivity index (χ2v) is 4.70. The molecule has 0 bridgehead atoms. The van der Waals surface area contributed by atoms with Gasteiger partial charge in [-0.3, -0.25) is 0 Å². The van der Waals surface area contributed by atoms with Crippen LogP contribution in [0.15, 0.2) is 16.5 Å². The molecule has 6 nitrogen and oxygen atoms in total. The highest BCUT2D eigenvalue weighted by Gasteiger charge is 2.58. The average Bonchev–Trinajstić information content (AvgIpc) is 2.73. The van der Waals surface area contributed by atoms with E-state index in [-0.39, 0.29) is 0 Å². The van der Waals surface area contributed by atoms with Gasteiger partial charge in [0.25, 0.3) is 0 Å². The number of aliphatic carboxylic acids is 1. The van der Waals surface area contributed by atoms with E-state index >= 15 is 0 Å². The SMILES string of the molecule is Cc1ccc(C(C)NC(=O)NC(C)(C(=O)O)C(F)(F)F)o1. The van der Waals surface area contributed by atoms with Gasteiger partial charge in [0.2, 0.25) is 5.54 Å². The van der Waals surface area contributed by atoms with E-state index in [1.54, 1.807) is 19.1 Å². The second kappa shape index (κ2) is 5.66. The van der Waals surface area contributed by atoms with Crippen LogP contribution in [0.25, 0.3) is 0 Å². The number of nitrogens with one attached hydrogen (secondary N) is 2. The van der Waals surface area contributed by atoms with E-state index < -0.39 is 29.8 Å². The largest absolute Gasteiger partial charge is 0.479 e. The minimum Gasteiger partial charge on any atom is -0.479 e. The summed E-state index contributed by atoms with van der Waals surface area (Å²) in [7, 11) is 0. The standard InChI is InChI=1S/C12H15F3N2O4/c1-6-4-5-8(21-6)7(2)16-10(20)17-11(3,9(18)19)12(13,14)15/h4-5,7H,1-3H3,(H,18,19)(H2,16,17,20). The van der Waals surface area contributed by atoms with Gasteiger partial charge in [0.05, 0.1) is 6.04 Å². The Hall–Kier alpha value is -2.19. The number of furan rings is 1. The predicted octanol–water partition coefficient (Wildman–Crippen LogP) is 2.35. The monoisotopic (exact) mass is 308 g/mol. The molecule has 2 amide bonds. The quantitative estimate of drug-likeness (QED) is 0.796. The second-order valence-electron chi connectivity index (χ2n) is 4.70. The van der Waals surface area contributed by atoms with Crippen molar-refractivity contribution in [3.8, 4) is 0 Å². The minimum atomic E-state index is -5.14. The van der Waals surface area contributed by atoms with Crippen LogP contribution in [0.1, 0.15) is 31.4 Å². The average molecular weight is 308 g/mol. The Bertz CT molecular complexity index is 541. The summed E-state index contributed by atoms with van der Waals surface area (Å²) in [6.45, 7) is 3.53. The number of carboxylic acid groups (broad SMARTS) is 1. The van der Waals surface area contributed by atoms with E-state index in [1.165, 1.54) is 12.2 Å². The fourth-order valence-electron chi connectivity index (χ4n) is 1.46. The molecule has 2 atom stereocenters. The molecule has 0 saturated heterocycles. The van der Waals surface area contributed by atoms with Crippen LogP contribution in [0.4, 0.5) is 18.0 Å². The van der Waals surface area contributed by atoms with E-state index in [1.807, 2.05) is 0 Å². The zero-order valence-corrected chi connectivity index (χ0v) is 11.5. The molecule has 0 saturated carbocycles. The molecular weight excluding hydrogens is 293 g/mol. The van der Waals surface area contributed by atoms with Crippen molar-refractivity contribution in [3.63, 3.8) is 0 Å². The van der Waals surface area contributed by atoms with Crippen molar-refractivity contribution < 1.29 is 32.3 Å². The van der Waals surface area contributed by atoms with Crippen molar-refractivity contribution in [2.24, 2.45) is 0 Å². The molecule has 1 aromatic heterocycles. The molecule has 1 rings (SSSR count). The number of carbonyl (C=O) groups excluding carboxylic acids is 1. The lowest BCUT2D eigenvalue weighted by atomic mass is 10.0. The first kappa shape index (κ1) is 16.9. The van der Waals surface area contributed by atoms with E-state index in [0.29, 0.717) is 18.4 Å². The van der Waals surface area contributed by atoms with Crippen LogP contribution in [0.5, 0.6) is 0 Å². The molecule has 1 heterocycles. The van der Waals surface area contributed by atoms with E-state index in [4.69, 9.17) is 9.52 Å². The van der Waals surface area contributed by atoms with Gasteiger partial charge in [-0.05, 0) is 32.9 Å². The van der Waals surface area contributed by atoms with Gasteiger partial charge in [0, 0.05) is 0 Å². The fraction of sp³-hybridized carbons (Fsp3) is 0.500. The topological polar surface area (TPSA) is 91.6 Å². The molecule has 21 heavy (non-hydrogen) atoms. The number of rotatable bonds is 4. The summed E-state index contributed by atoms with van der Waals surface area (Å²) in [6.07, 6.45) is -5.14. The first-order valence-electron chi connectivity index (χ1n) is 5.92. The van der Waals surface area contributed by atoms with Gasteiger partial charge < -0.3 is 20.2 Å². The summed E-state index contributed by atoms with van der Waals surface area (Å²) in [4.78, 5) is 22.4. The first-order valence-corrected chi connectivity index (χ1v) is 5.92. The molecule has 0 radical (unpaired) electrons. The third-order valence-corrected chi connectivity index (χ3v) is 2.89. The van der Waals surface area contributed by atoms with Crippen molar-refractivity contribution in [2.75, 3.05) is 0 Å². The Labute approximate surface area is 118 Å². The van der Waals surface area contributed by atoms with Crippen molar-refractivity contribution >= 4 is 12.0 Å². The number of aryl methyl sites for hydroxylation is 1. The van der Waals surface area contributed by atoms with Crippen LogP contribution in [-0.2, 0) is 4.79 Å². The van der Waals surface area contributed by atoms with E-state index in [2.05, 4.69) is 5.32 Å². The van der Waals surface area contributed by atoms with Gasteiger partial charge in [0.1, 0.15) is 11.5 Å². The molecule has 0 spiro atoms. The van der Waals surface area contributed by atoms with Gasteiger partial charge in [0.15, 0.2) is 0 Å². The molecule has 0 fully saturated rings. The molecule has 3 N–H and O–H groups in total. The number of hydrogen-bond donors (Lipinski definition) is 3. The molecule has 0 aliphatic carbocycles. The Morgan fingerprint density at radius 1 is 1.33 bits per heavy atom. The maximum Gasteiger partial charge on any atom is 0.422 e. The Kier molecular flexibility index (Phi) is 4.55. The minimum absolute atomic E-state index is 0.340. The van der Waals surface area contributed by atoms with Crippen molar-refractivity contribution in [3.05, 3.63) is 23.7 Å². The summed E-state index contributed by atoms with van der Waals surface area (Å²) >= 11 is 0. The normalized spacial score (nSPS) is 15.9. The van der Waals surface area contributed by atoms with E-state index in [9.17, 15) is 22.8 Å². The van der Waals surface area contributed by atoms with Gasteiger partial charge in [-0.25, -0.2) is 9.59 Å². The van der Waals surface area contributed by atoms with Gasteiger partial charge >= 0.3 is 18.2 Å². The maximum atomic E-state index is 12.7. The van der Waals surface area contributed by atoms with Crippen molar-refractivity contribution in [1.82, 2.24) is 10.6 Å². The van der Waals surface area contributed by atoms with Crippen LogP contribution in [0.2, 0.25) is 0 Å². The molecular formula is C12H15F3N2O4. The number of carboxylic acids is 1. The van der Waals surface area contributed by atoms with Gasteiger partial charge in [-0.15, -0.1) is 0 Å². The van der Waals surface area contributed by atoms with Crippen molar-refractivity contribution in [2.45, 2.75) is 38.5 Å². The summed E-state index contributed by atoms with van der Waals surface area (Å²) in [6, 6.07) is 1.20. The Morgan fingerprint density at radius 3 is 2.29 bits per heavy atom. The lowest BCUT2D eigenvalue weighted by molar-refractivity contribution is -0.203. The predicted molar refractivity (Wildman–Crippen MR) is 65.6 cm³/mol. The summed E-state index contributed by atoms with van der Waals surface area (Å²) in [5.74, 6) is -1.29. The van der Waals surface area contributed by atoms with Gasteiger partial charge in [-0.2, -0.15) is 13.2 Å². The number of carbonyl (C=O) groups is 2. The Morgan fingerprint density at radius 2 is 1.90 bits per heavy atom. The number of hydrogen-bond acceptors (Lipinski definition) is 3. The van der Waals surface area contributed by atoms with Crippen molar-refractivity contribution in [1.29, 1.82) is 0 Å². The van der Waals surface area contributed by atoms with Crippen LogP contribution >= 0.6 is 0 Å². The Balaban J connectivity index is 2.78. The molecule has 0 aliphatic heterocycles. The zero-order valence-electron chi connectivity index (χ0n) is 11.5. The smallest absolute Gasteiger partial charge is 0.422 e. The molecule has 0 aliphatic rings. The number of alkyl halides is 3.